The molecule has 0 aromatic heterocycles. The quantitative estimate of drug-likeness (QED) is 0.593. The van der Waals surface area contributed by atoms with E-state index in [1.807, 2.05) is 0 Å². The van der Waals surface area contributed by atoms with Gasteiger partial charge < -0.3 is 9.84 Å². The van der Waals surface area contributed by atoms with Crippen molar-refractivity contribution in [3.05, 3.63) is 0 Å². The van der Waals surface area contributed by atoms with Crippen LogP contribution in [0.3, 0.4) is 0 Å². The minimum absolute atomic E-state index is 0.148. The molecule has 0 amide bonds. The van der Waals surface area contributed by atoms with E-state index >= 15 is 0 Å². The highest BCUT2D eigenvalue weighted by atomic mass is 16.5. The molecule has 2 rings (SSSR count). The summed E-state index contributed by atoms with van der Waals surface area (Å²) in [6.07, 6.45) is 4.98. The molecule has 0 aromatic carbocycles. The van der Waals surface area contributed by atoms with Gasteiger partial charge in [0.2, 0.25) is 0 Å². The average Bonchev–Trinajstić information content (AvgIpc) is 2.62. The number of ether oxygens (including phenoxy) is 1. The van der Waals surface area contributed by atoms with E-state index in [4.69, 9.17) is 9.84 Å². The largest absolute Gasteiger partial charge is 0.390 e. The van der Waals surface area contributed by atoms with Crippen LogP contribution in [0.4, 0.5) is 0 Å². The van der Waals surface area contributed by atoms with Gasteiger partial charge in [0.1, 0.15) is 0 Å². The Labute approximate surface area is 54.8 Å². The first-order valence-corrected chi connectivity index (χ1v) is 3.70. The van der Waals surface area contributed by atoms with Gasteiger partial charge in [0.05, 0.1) is 18.3 Å². The summed E-state index contributed by atoms with van der Waals surface area (Å²) in [6.45, 7) is 0. The SMILES string of the molecule is O[C@@H]1CC[C@H]1OC1CC1. The molecule has 0 saturated heterocycles. The van der Waals surface area contributed by atoms with Crippen molar-refractivity contribution in [2.45, 2.75) is 44.0 Å². The molecule has 2 atom stereocenters. The minimum Gasteiger partial charge on any atom is -0.390 e. The lowest BCUT2D eigenvalue weighted by Crippen LogP contribution is -2.39. The molecule has 1 N–H and O–H groups in total. The fraction of sp³-hybridized carbons (Fsp3) is 1.00. The maximum Gasteiger partial charge on any atom is 0.0838 e. The fourth-order valence-corrected chi connectivity index (χ4v) is 1.06. The number of rotatable bonds is 2. The molecule has 9 heavy (non-hydrogen) atoms. The fourth-order valence-electron chi connectivity index (χ4n) is 1.06. The maximum atomic E-state index is 9.06. The highest BCUT2D eigenvalue weighted by Crippen LogP contribution is 2.32. The Morgan fingerprint density at radius 1 is 1.11 bits per heavy atom. The molecule has 0 radical (unpaired) electrons. The normalized spacial score (nSPS) is 42.3. The van der Waals surface area contributed by atoms with E-state index in [1.165, 1.54) is 12.8 Å². The van der Waals surface area contributed by atoms with Crippen molar-refractivity contribution in [1.82, 2.24) is 0 Å². The highest BCUT2D eigenvalue weighted by Gasteiger charge is 2.35. The van der Waals surface area contributed by atoms with E-state index in [0.717, 1.165) is 12.8 Å². The van der Waals surface area contributed by atoms with E-state index in [0.29, 0.717) is 6.10 Å². The third-order valence-electron chi connectivity index (χ3n) is 2.07. The molecule has 0 aromatic rings. The second-order valence-electron chi connectivity index (χ2n) is 3.02. The summed E-state index contributed by atoms with van der Waals surface area (Å²) >= 11 is 0. The zero-order valence-corrected chi connectivity index (χ0v) is 5.42. The van der Waals surface area contributed by atoms with Gasteiger partial charge in [-0.3, -0.25) is 0 Å². The number of hydrogen-bond donors (Lipinski definition) is 1. The van der Waals surface area contributed by atoms with Crippen molar-refractivity contribution in [1.29, 1.82) is 0 Å². The van der Waals surface area contributed by atoms with Gasteiger partial charge in [0.15, 0.2) is 0 Å². The predicted molar refractivity (Wildman–Crippen MR) is 33.1 cm³/mol. The van der Waals surface area contributed by atoms with E-state index in [2.05, 4.69) is 0 Å². The number of hydrogen-bond acceptors (Lipinski definition) is 2. The lowest BCUT2D eigenvalue weighted by Gasteiger charge is -2.32. The van der Waals surface area contributed by atoms with Gasteiger partial charge in [0, 0.05) is 0 Å². The first-order chi connectivity index (χ1) is 4.36. The van der Waals surface area contributed by atoms with Crippen LogP contribution in [0.5, 0.6) is 0 Å². The Hall–Kier alpha value is -0.0800. The Kier molecular flexibility index (Phi) is 1.24. The molecular formula is C7H12O2. The smallest absolute Gasteiger partial charge is 0.0838 e. The van der Waals surface area contributed by atoms with Gasteiger partial charge in [-0.25, -0.2) is 0 Å². The van der Waals surface area contributed by atoms with Crippen molar-refractivity contribution in [3.63, 3.8) is 0 Å². The molecule has 0 heterocycles. The first-order valence-electron chi connectivity index (χ1n) is 3.70. The second-order valence-corrected chi connectivity index (χ2v) is 3.02. The lowest BCUT2D eigenvalue weighted by atomic mass is 9.92. The van der Waals surface area contributed by atoms with Crippen molar-refractivity contribution in [2.24, 2.45) is 0 Å². The molecule has 0 aliphatic heterocycles. The Morgan fingerprint density at radius 2 is 1.89 bits per heavy atom. The van der Waals surface area contributed by atoms with Gasteiger partial charge in [-0.2, -0.15) is 0 Å². The summed E-state index contributed by atoms with van der Waals surface area (Å²) in [5.41, 5.74) is 0. The van der Waals surface area contributed by atoms with Crippen molar-refractivity contribution >= 4 is 0 Å². The van der Waals surface area contributed by atoms with Crippen LogP contribution in [0.2, 0.25) is 0 Å². The van der Waals surface area contributed by atoms with Gasteiger partial charge in [0.25, 0.3) is 0 Å². The summed E-state index contributed by atoms with van der Waals surface area (Å²) < 4.78 is 5.46. The topological polar surface area (TPSA) is 29.5 Å². The van der Waals surface area contributed by atoms with E-state index < -0.39 is 0 Å². The molecule has 2 saturated carbocycles. The van der Waals surface area contributed by atoms with Crippen molar-refractivity contribution in [2.75, 3.05) is 0 Å². The molecule has 2 aliphatic rings. The molecule has 0 bridgehead atoms. The highest BCUT2D eigenvalue weighted by molar-refractivity contribution is 4.85. The minimum atomic E-state index is -0.148. The lowest BCUT2D eigenvalue weighted by molar-refractivity contribution is -0.103. The van der Waals surface area contributed by atoms with Gasteiger partial charge in [-0.15, -0.1) is 0 Å². The molecule has 52 valence electrons. The van der Waals surface area contributed by atoms with Crippen molar-refractivity contribution in [3.8, 4) is 0 Å². The maximum absolute atomic E-state index is 9.06. The average molecular weight is 128 g/mol. The monoisotopic (exact) mass is 128 g/mol. The van der Waals surface area contributed by atoms with Gasteiger partial charge >= 0.3 is 0 Å². The molecule has 2 nitrogen and oxygen atoms in total. The molecule has 0 spiro atoms. The summed E-state index contributed by atoms with van der Waals surface area (Å²) in [4.78, 5) is 0. The van der Waals surface area contributed by atoms with Crippen LogP contribution in [-0.2, 0) is 4.74 Å². The molecule has 2 fully saturated rings. The molecule has 2 aliphatic carbocycles. The van der Waals surface area contributed by atoms with Crippen LogP contribution in [-0.4, -0.2) is 23.4 Å². The van der Waals surface area contributed by atoms with Gasteiger partial charge in [-0.1, -0.05) is 0 Å². The number of aliphatic hydroxyl groups excluding tert-OH is 1. The Balaban J connectivity index is 1.72. The molecular weight excluding hydrogens is 116 g/mol. The van der Waals surface area contributed by atoms with Crippen molar-refractivity contribution < 1.29 is 9.84 Å². The number of aliphatic hydroxyl groups is 1. The summed E-state index contributed by atoms with van der Waals surface area (Å²) in [5, 5.41) is 9.06. The molecule has 0 unspecified atom stereocenters. The third kappa shape index (κ3) is 1.10. The van der Waals surface area contributed by atoms with E-state index in [1.54, 1.807) is 0 Å². The van der Waals surface area contributed by atoms with Crippen LogP contribution in [0.25, 0.3) is 0 Å². The van der Waals surface area contributed by atoms with Crippen LogP contribution in [0.15, 0.2) is 0 Å². The zero-order chi connectivity index (χ0) is 6.27. The van der Waals surface area contributed by atoms with Gasteiger partial charge in [-0.05, 0) is 25.7 Å². The van der Waals surface area contributed by atoms with Crippen LogP contribution >= 0.6 is 0 Å². The predicted octanol–water partition coefficient (Wildman–Crippen LogP) is 0.689. The summed E-state index contributed by atoms with van der Waals surface area (Å²) in [7, 11) is 0. The third-order valence-corrected chi connectivity index (χ3v) is 2.07. The molecule has 2 heteroatoms. The first kappa shape index (κ1) is 5.69. The van der Waals surface area contributed by atoms with Crippen LogP contribution in [0.1, 0.15) is 25.7 Å². The summed E-state index contributed by atoms with van der Waals surface area (Å²) in [5.74, 6) is 0. The Morgan fingerprint density at radius 3 is 2.22 bits per heavy atom. The van der Waals surface area contributed by atoms with E-state index in [-0.39, 0.29) is 12.2 Å². The standard InChI is InChI=1S/C7H12O2/c8-6-3-4-7(6)9-5-1-2-5/h5-8H,1-4H2/t6-,7-/m1/s1. The van der Waals surface area contributed by atoms with Crippen LogP contribution in [0, 0.1) is 0 Å². The summed E-state index contributed by atoms with van der Waals surface area (Å²) in [6, 6.07) is 0. The zero-order valence-electron chi connectivity index (χ0n) is 5.42. The Bertz CT molecular complexity index is 109. The van der Waals surface area contributed by atoms with E-state index in [9.17, 15) is 0 Å². The second kappa shape index (κ2) is 1.96. The van der Waals surface area contributed by atoms with Crippen LogP contribution < -0.4 is 0 Å².